The molecule has 0 amide bonds. The molecular weight excluding hydrogens is 232 g/mol. The summed E-state index contributed by atoms with van der Waals surface area (Å²) in [6.45, 7) is 4.18. The van der Waals surface area contributed by atoms with Gasteiger partial charge in [-0.05, 0) is 25.5 Å². The largest absolute Gasteiger partial charge is 0.486 e. The molecule has 0 fully saturated rings. The number of aliphatic hydroxyl groups is 1. The van der Waals surface area contributed by atoms with E-state index in [1.807, 2.05) is 12.1 Å². The van der Waals surface area contributed by atoms with Gasteiger partial charge in [0, 0.05) is 16.5 Å². The average Bonchev–Trinajstić information content (AvgIpc) is 2.69. The molecule has 1 aromatic heterocycles. The van der Waals surface area contributed by atoms with Gasteiger partial charge in [-0.15, -0.1) is 11.3 Å². The van der Waals surface area contributed by atoms with Gasteiger partial charge in [0.25, 0.3) is 0 Å². The summed E-state index contributed by atoms with van der Waals surface area (Å²) in [6.07, 6.45) is 1.21. The lowest BCUT2D eigenvalue weighted by Gasteiger charge is -2.36. The van der Waals surface area contributed by atoms with E-state index in [1.165, 1.54) is 4.70 Å². The van der Waals surface area contributed by atoms with Crippen LogP contribution in [0.3, 0.4) is 0 Å². The van der Waals surface area contributed by atoms with Crippen molar-refractivity contribution in [1.82, 2.24) is 0 Å². The molecule has 1 aliphatic heterocycles. The molecule has 2 aromatic rings. The van der Waals surface area contributed by atoms with Crippen LogP contribution < -0.4 is 4.74 Å². The molecule has 17 heavy (non-hydrogen) atoms. The highest BCUT2D eigenvalue weighted by atomic mass is 32.1. The molecule has 0 saturated carbocycles. The minimum absolute atomic E-state index is 0.240. The van der Waals surface area contributed by atoms with Crippen LogP contribution in [0.4, 0.5) is 0 Å². The second kappa shape index (κ2) is 3.72. The highest BCUT2D eigenvalue weighted by Gasteiger charge is 2.37. The van der Waals surface area contributed by atoms with E-state index in [2.05, 4.69) is 26.0 Å². The zero-order valence-electron chi connectivity index (χ0n) is 10.1. The topological polar surface area (TPSA) is 29.5 Å². The summed E-state index contributed by atoms with van der Waals surface area (Å²) in [6, 6.07) is 8.19. The van der Waals surface area contributed by atoms with Crippen molar-refractivity contribution in [2.24, 2.45) is 0 Å². The SMILES string of the molecule is CCC1(C)CC(O)c2sc3ccccc3c2O1. The van der Waals surface area contributed by atoms with Crippen molar-refractivity contribution in [2.75, 3.05) is 0 Å². The molecule has 0 saturated heterocycles. The van der Waals surface area contributed by atoms with E-state index < -0.39 is 0 Å². The van der Waals surface area contributed by atoms with Crippen LogP contribution in [0.15, 0.2) is 24.3 Å². The number of ether oxygens (including phenoxy) is 1. The quantitative estimate of drug-likeness (QED) is 0.829. The van der Waals surface area contributed by atoms with Crippen LogP contribution >= 0.6 is 11.3 Å². The molecule has 0 bridgehead atoms. The molecule has 2 nitrogen and oxygen atoms in total. The van der Waals surface area contributed by atoms with E-state index in [-0.39, 0.29) is 11.7 Å². The smallest absolute Gasteiger partial charge is 0.144 e. The molecule has 2 unspecified atom stereocenters. The predicted octanol–water partition coefficient (Wildman–Crippen LogP) is 3.89. The van der Waals surface area contributed by atoms with Crippen molar-refractivity contribution >= 4 is 21.4 Å². The molecule has 1 N–H and O–H groups in total. The van der Waals surface area contributed by atoms with Crippen LogP contribution in [0.2, 0.25) is 0 Å². The van der Waals surface area contributed by atoms with Crippen LogP contribution in [0, 0.1) is 0 Å². The van der Waals surface area contributed by atoms with E-state index in [1.54, 1.807) is 11.3 Å². The standard InChI is InChI=1S/C14H16O2S/c1-3-14(2)8-10(15)13-12(16-14)9-6-4-5-7-11(9)17-13/h4-7,10,15H,3,8H2,1-2H3. The lowest BCUT2D eigenvalue weighted by Crippen LogP contribution is -2.36. The Morgan fingerprint density at radius 1 is 1.47 bits per heavy atom. The second-order valence-corrected chi connectivity index (χ2v) is 6.00. The summed E-state index contributed by atoms with van der Waals surface area (Å²) >= 11 is 1.64. The number of thiophene rings is 1. The van der Waals surface area contributed by atoms with Gasteiger partial charge in [-0.2, -0.15) is 0 Å². The molecule has 0 radical (unpaired) electrons. The van der Waals surface area contributed by atoms with Gasteiger partial charge in [0.15, 0.2) is 0 Å². The molecule has 0 spiro atoms. The summed E-state index contributed by atoms with van der Waals surface area (Å²) in [5, 5.41) is 11.4. The van der Waals surface area contributed by atoms with E-state index in [0.29, 0.717) is 6.42 Å². The predicted molar refractivity (Wildman–Crippen MR) is 70.7 cm³/mol. The number of hydrogen-bond acceptors (Lipinski definition) is 3. The molecule has 0 aliphatic carbocycles. The first-order valence-electron chi connectivity index (χ1n) is 6.01. The number of benzene rings is 1. The van der Waals surface area contributed by atoms with Crippen LogP contribution in [-0.2, 0) is 0 Å². The maximum absolute atomic E-state index is 10.3. The number of aliphatic hydroxyl groups excluding tert-OH is 1. The molecule has 2 atom stereocenters. The van der Waals surface area contributed by atoms with Crippen LogP contribution in [0.5, 0.6) is 5.75 Å². The van der Waals surface area contributed by atoms with E-state index >= 15 is 0 Å². The Bertz CT molecular complexity index is 560. The third-order valence-corrected chi connectivity index (χ3v) is 4.85. The van der Waals surface area contributed by atoms with Crippen molar-refractivity contribution in [1.29, 1.82) is 0 Å². The first kappa shape index (κ1) is 11.1. The van der Waals surface area contributed by atoms with Gasteiger partial charge in [0.2, 0.25) is 0 Å². The molecule has 1 aliphatic rings. The third kappa shape index (κ3) is 1.65. The summed E-state index contributed by atoms with van der Waals surface area (Å²) in [4.78, 5) is 0.983. The normalized spacial score (nSPS) is 27.8. The van der Waals surface area contributed by atoms with Gasteiger partial charge >= 0.3 is 0 Å². The number of rotatable bonds is 1. The Kier molecular flexibility index (Phi) is 2.42. The summed E-state index contributed by atoms with van der Waals surface area (Å²) in [7, 11) is 0. The molecular formula is C14H16O2S. The molecule has 1 aromatic carbocycles. The number of fused-ring (bicyclic) bond motifs is 3. The molecule has 3 rings (SSSR count). The van der Waals surface area contributed by atoms with Crippen molar-refractivity contribution in [2.45, 2.75) is 38.4 Å². The Balaban J connectivity index is 2.20. The Hall–Kier alpha value is -1.06. The van der Waals surface area contributed by atoms with Crippen LogP contribution in [0.1, 0.15) is 37.7 Å². The zero-order valence-corrected chi connectivity index (χ0v) is 10.9. The number of hydrogen-bond donors (Lipinski definition) is 1. The fraction of sp³-hybridized carbons (Fsp3) is 0.429. The van der Waals surface area contributed by atoms with Gasteiger partial charge in [0.05, 0.1) is 11.0 Å². The van der Waals surface area contributed by atoms with Crippen molar-refractivity contribution < 1.29 is 9.84 Å². The Labute approximate surface area is 105 Å². The average molecular weight is 248 g/mol. The Morgan fingerprint density at radius 3 is 3.00 bits per heavy atom. The van der Waals surface area contributed by atoms with Gasteiger partial charge in [0.1, 0.15) is 11.4 Å². The van der Waals surface area contributed by atoms with E-state index in [4.69, 9.17) is 4.74 Å². The Morgan fingerprint density at radius 2 is 2.24 bits per heavy atom. The molecule has 2 heterocycles. The fourth-order valence-electron chi connectivity index (χ4n) is 2.37. The van der Waals surface area contributed by atoms with E-state index in [0.717, 1.165) is 22.4 Å². The molecule has 3 heteroatoms. The maximum atomic E-state index is 10.3. The minimum Gasteiger partial charge on any atom is -0.486 e. The van der Waals surface area contributed by atoms with E-state index in [9.17, 15) is 5.11 Å². The lowest BCUT2D eigenvalue weighted by atomic mass is 9.91. The van der Waals surface area contributed by atoms with Crippen molar-refractivity contribution in [3.05, 3.63) is 29.1 Å². The van der Waals surface area contributed by atoms with Gasteiger partial charge < -0.3 is 9.84 Å². The highest BCUT2D eigenvalue weighted by molar-refractivity contribution is 7.19. The van der Waals surface area contributed by atoms with Crippen molar-refractivity contribution in [3.63, 3.8) is 0 Å². The van der Waals surface area contributed by atoms with Crippen molar-refractivity contribution in [3.8, 4) is 5.75 Å². The first-order chi connectivity index (χ1) is 8.13. The second-order valence-electron chi connectivity index (χ2n) is 4.92. The summed E-state index contributed by atoms with van der Waals surface area (Å²) in [5.74, 6) is 0.897. The minimum atomic E-state index is -0.388. The summed E-state index contributed by atoms with van der Waals surface area (Å²) < 4.78 is 7.33. The monoisotopic (exact) mass is 248 g/mol. The maximum Gasteiger partial charge on any atom is 0.144 e. The third-order valence-electron chi connectivity index (χ3n) is 3.60. The van der Waals surface area contributed by atoms with Crippen LogP contribution in [0.25, 0.3) is 10.1 Å². The highest BCUT2D eigenvalue weighted by Crippen LogP contribution is 2.49. The van der Waals surface area contributed by atoms with Gasteiger partial charge in [-0.3, -0.25) is 0 Å². The first-order valence-corrected chi connectivity index (χ1v) is 6.83. The zero-order chi connectivity index (χ0) is 12.0. The lowest BCUT2D eigenvalue weighted by molar-refractivity contribution is 0.000216. The van der Waals surface area contributed by atoms with Gasteiger partial charge in [-0.25, -0.2) is 0 Å². The summed E-state index contributed by atoms with van der Waals surface area (Å²) in [5.41, 5.74) is -0.240. The fourth-order valence-corrected chi connectivity index (χ4v) is 3.49. The van der Waals surface area contributed by atoms with Gasteiger partial charge in [-0.1, -0.05) is 19.1 Å². The molecule has 90 valence electrons. The van der Waals surface area contributed by atoms with Crippen LogP contribution in [-0.4, -0.2) is 10.7 Å².